The molecule has 1 aliphatic rings. The van der Waals surface area contributed by atoms with Crippen LogP contribution in [0.4, 0.5) is 5.69 Å². The molecule has 0 bridgehead atoms. The SMILES string of the molecule is COc1ccc(N(C(C)=O)[C@H]2C=CS(=O)(=O)C2)c(OC)c1. The van der Waals surface area contributed by atoms with Crippen molar-refractivity contribution in [1.82, 2.24) is 0 Å². The predicted octanol–water partition coefficient (Wildman–Crippen LogP) is 1.37. The van der Waals surface area contributed by atoms with Crippen molar-refractivity contribution in [3.63, 3.8) is 0 Å². The van der Waals surface area contributed by atoms with Gasteiger partial charge in [0.15, 0.2) is 9.84 Å². The zero-order chi connectivity index (χ0) is 15.6. The highest BCUT2D eigenvalue weighted by Crippen LogP contribution is 2.34. The van der Waals surface area contributed by atoms with Gasteiger partial charge in [-0.15, -0.1) is 0 Å². The molecule has 1 heterocycles. The Labute approximate surface area is 123 Å². The Morgan fingerprint density at radius 2 is 2.00 bits per heavy atom. The molecule has 1 aliphatic heterocycles. The molecule has 0 aliphatic carbocycles. The third kappa shape index (κ3) is 3.18. The van der Waals surface area contributed by atoms with Crippen LogP contribution in [0.2, 0.25) is 0 Å². The summed E-state index contributed by atoms with van der Waals surface area (Å²) >= 11 is 0. The average molecular weight is 311 g/mol. The highest BCUT2D eigenvalue weighted by molar-refractivity contribution is 7.94. The van der Waals surface area contributed by atoms with Crippen LogP contribution in [0.5, 0.6) is 11.5 Å². The molecule has 1 aromatic rings. The molecule has 114 valence electrons. The molecule has 0 saturated carbocycles. The number of amides is 1. The summed E-state index contributed by atoms with van der Waals surface area (Å²) in [7, 11) is -0.239. The summed E-state index contributed by atoms with van der Waals surface area (Å²) in [6.45, 7) is 1.39. The molecule has 0 unspecified atom stereocenters. The molecule has 1 aromatic carbocycles. The number of ether oxygens (including phenoxy) is 2. The van der Waals surface area contributed by atoms with Crippen LogP contribution in [0, 0.1) is 0 Å². The quantitative estimate of drug-likeness (QED) is 0.839. The Hall–Kier alpha value is -2.02. The molecule has 7 heteroatoms. The number of hydrogen-bond acceptors (Lipinski definition) is 5. The number of nitrogens with zero attached hydrogens (tertiary/aromatic N) is 1. The van der Waals surface area contributed by atoms with Crippen LogP contribution < -0.4 is 14.4 Å². The Bertz CT molecular complexity index is 681. The van der Waals surface area contributed by atoms with Gasteiger partial charge in [-0.05, 0) is 18.2 Å². The number of rotatable bonds is 4. The van der Waals surface area contributed by atoms with Crippen LogP contribution in [0.1, 0.15) is 6.92 Å². The first-order valence-corrected chi connectivity index (χ1v) is 8.02. The van der Waals surface area contributed by atoms with Gasteiger partial charge in [-0.2, -0.15) is 0 Å². The minimum absolute atomic E-state index is 0.123. The minimum atomic E-state index is -3.25. The maximum absolute atomic E-state index is 12.0. The Kier molecular flexibility index (Phi) is 4.22. The van der Waals surface area contributed by atoms with E-state index in [1.165, 1.54) is 32.1 Å². The van der Waals surface area contributed by atoms with E-state index < -0.39 is 15.9 Å². The van der Waals surface area contributed by atoms with Gasteiger partial charge >= 0.3 is 0 Å². The standard InChI is InChI=1S/C14H17NO5S/c1-10(16)15(11-6-7-21(17,18)9-11)13-5-4-12(19-2)8-14(13)20-3/h4-8,11H,9H2,1-3H3/t11-/m0/s1. The number of carbonyl (C=O) groups excluding carboxylic acids is 1. The number of sulfone groups is 1. The molecule has 0 spiro atoms. The highest BCUT2D eigenvalue weighted by Gasteiger charge is 2.31. The van der Waals surface area contributed by atoms with E-state index in [1.54, 1.807) is 18.2 Å². The summed E-state index contributed by atoms with van der Waals surface area (Å²) in [6.07, 6.45) is 1.51. The number of benzene rings is 1. The van der Waals surface area contributed by atoms with Crippen LogP contribution in [0.25, 0.3) is 0 Å². The fraction of sp³-hybridized carbons (Fsp3) is 0.357. The molecular formula is C14H17NO5S. The van der Waals surface area contributed by atoms with E-state index >= 15 is 0 Å². The van der Waals surface area contributed by atoms with Gasteiger partial charge in [-0.25, -0.2) is 8.42 Å². The van der Waals surface area contributed by atoms with Gasteiger partial charge in [0, 0.05) is 18.4 Å². The van der Waals surface area contributed by atoms with E-state index in [-0.39, 0.29) is 11.7 Å². The van der Waals surface area contributed by atoms with Gasteiger partial charge in [0.25, 0.3) is 0 Å². The van der Waals surface area contributed by atoms with Gasteiger partial charge in [0.05, 0.1) is 31.7 Å². The van der Waals surface area contributed by atoms with Crippen molar-refractivity contribution in [2.24, 2.45) is 0 Å². The van der Waals surface area contributed by atoms with Gasteiger partial charge in [-0.3, -0.25) is 4.79 Å². The van der Waals surface area contributed by atoms with Gasteiger partial charge < -0.3 is 14.4 Å². The minimum Gasteiger partial charge on any atom is -0.497 e. The lowest BCUT2D eigenvalue weighted by atomic mass is 10.2. The lowest BCUT2D eigenvalue weighted by Gasteiger charge is -2.28. The van der Waals surface area contributed by atoms with E-state index in [9.17, 15) is 13.2 Å². The van der Waals surface area contributed by atoms with Crippen molar-refractivity contribution in [2.45, 2.75) is 13.0 Å². The van der Waals surface area contributed by atoms with Crippen LogP contribution in [-0.2, 0) is 14.6 Å². The maximum Gasteiger partial charge on any atom is 0.224 e. The lowest BCUT2D eigenvalue weighted by molar-refractivity contribution is -0.116. The zero-order valence-electron chi connectivity index (χ0n) is 12.1. The molecule has 0 saturated heterocycles. The van der Waals surface area contributed by atoms with Crippen molar-refractivity contribution in [3.8, 4) is 11.5 Å². The van der Waals surface area contributed by atoms with Crippen molar-refractivity contribution >= 4 is 21.4 Å². The summed E-state index contributed by atoms with van der Waals surface area (Å²) in [5.41, 5.74) is 0.512. The Morgan fingerprint density at radius 1 is 1.29 bits per heavy atom. The highest BCUT2D eigenvalue weighted by atomic mass is 32.2. The molecular weight excluding hydrogens is 294 g/mol. The molecule has 0 radical (unpaired) electrons. The van der Waals surface area contributed by atoms with Gasteiger partial charge in [0.1, 0.15) is 11.5 Å². The molecule has 1 amide bonds. The Balaban J connectivity index is 2.45. The second-order valence-electron chi connectivity index (χ2n) is 4.65. The van der Waals surface area contributed by atoms with Crippen LogP contribution in [-0.4, -0.2) is 40.3 Å². The number of anilines is 1. The second kappa shape index (κ2) is 5.77. The lowest BCUT2D eigenvalue weighted by Crippen LogP contribution is -2.40. The summed E-state index contributed by atoms with van der Waals surface area (Å²) in [5.74, 6) is 0.656. The monoisotopic (exact) mass is 311 g/mol. The summed E-state index contributed by atoms with van der Waals surface area (Å²) in [4.78, 5) is 13.4. The van der Waals surface area contributed by atoms with E-state index in [0.29, 0.717) is 17.2 Å². The molecule has 0 aromatic heterocycles. The number of carbonyl (C=O) groups is 1. The maximum atomic E-state index is 12.0. The normalized spacial score (nSPS) is 19.3. The van der Waals surface area contributed by atoms with Gasteiger partial charge in [0.2, 0.25) is 5.91 Å². The predicted molar refractivity (Wildman–Crippen MR) is 79.4 cm³/mol. The molecule has 0 N–H and O–H groups in total. The van der Waals surface area contributed by atoms with E-state index in [2.05, 4.69) is 0 Å². The Morgan fingerprint density at radius 3 is 2.48 bits per heavy atom. The van der Waals surface area contributed by atoms with Crippen LogP contribution in [0.15, 0.2) is 29.7 Å². The third-order valence-electron chi connectivity index (χ3n) is 3.23. The largest absolute Gasteiger partial charge is 0.497 e. The zero-order valence-corrected chi connectivity index (χ0v) is 12.9. The molecule has 1 atom stereocenters. The van der Waals surface area contributed by atoms with Crippen LogP contribution in [0.3, 0.4) is 0 Å². The molecule has 2 rings (SSSR count). The first kappa shape index (κ1) is 15.4. The van der Waals surface area contributed by atoms with Crippen LogP contribution >= 0.6 is 0 Å². The number of hydrogen-bond donors (Lipinski definition) is 0. The fourth-order valence-corrected chi connectivity index (χ4v) is 3.55. The summed E-state index contributed by atoms with van der Waals surface area (Å²) in [5, 5.41) is 1.14. The average Bonchev–Trinajstić information content (AvgIpc) is 2.79. The van der Waals surface area contributed by atoms with E-state index in [0.717, 1.165) is 5.41 Å². The van der Waals surface area contributed by atoms with Crippen molar-refractivity contribution in [3.05, 3.63) is 29.7 Å². The first-order chi connectivity index (χ1) is 9.88. The van der Waals surface area contributed by atoms with Crippen molar-refractivity contribution in [1.29, 1.82) is 0 Å². The number of methoxy groups -OCH3 is 2. The van der Waals surface area contributed by atoms with Gasteiger partial charge in [-0.1, -0.05) is 0 Å². The summed E-state index contributed by atoms with van der Waals surface area (Å²) < 4.78 is 33.6. The molecule has 0 fully saturated rings. The first-order valence-electron chi connectivity index (χ1n) is 6.30. The molecule has 21 heavy (non-hydrogen) atoms. The topological polar surface area (TPSA) is 72.9 Å². The third-order valence-corrected chi connectivity index (χ3v) is 4.61. The van der Waals surface area contributed by atoms with Crippen molar-refractivity contribution < 1.29 is 22.7 Å². The smallest absolute Gasteiger partial charge is 0.224 e. The van der Waals surface area contributed by atoms with E-state index in [4.69, 9.17) is 9.47 Å². The second-order valence-corrected chi connectivity index (χ2v) is 6.58. The van der Waals surface area contributed by atoms with E-state index in [1.807, 2.05) is 0 Å². The summed E-state index contributed by atoms with van der Waals surface area (Å²) in [6, 6.07) is 4.49. The molecule has 6 nitrogen and oxygen atoms in total. The fourth-order valence-electron chi connectivity index (χ4n) is 2.29. The van der Waals surface area contributed by atoms with Crippen molar-refractivity contribution in [2.75, 3.05) is 24.9 Å².